The lowest BCUT2D eigenvalue weighted by molar-refractivity contribution is -0.126. The Labute approximate surface area is 141 Å². The maximum Gasteiger partial charge on any atom is 0.220 e. The quantitative estimate of drug-likeness (QED) is 0.482. The molecule has 23 heavy (non-hydrogen) atoms. The molecule has 0 saturated heterocycles. The summed E-state index contributed by atoms with van der Waals surface area (Å²) in [4.78, 5) is 23.4. The summed E-state index contributed by atoms with van der Waals surface area (Å²) in [6, 6.07) is 0. The van der Waals surface area contributed by atoms with E-state index in [-0.39, 0.29) is 30.8 Å². The topological polar surface area (TPSA) is 67.4 Å². The van der Waals surface area contributed by atoms with E-state index in [2.05, 4.69) is 24.5 Å². The Morgan fingerprint density at radius 2 is 1.65 bits per heavy atom. The lowest BCUT2D eigenvalue weighted by atomic mass is 9.99. The molecule has 0 unspecified atom stereocenters. The molecule has 0 rings (SSSR count). The van der Waals surface area contributed by atoms with E-state index in [1.54, 1.807) is 0 Å². The van der Waals surface area contributed by atoms with E-state index >= 15 is 0 Å². The average Bonchev–Trinajstić information content (AvgIpc) is 2.52. The lowest BCUT2D eigenvalue weighted by Gasteiger charge is -2.15. The molecule has 2 amide bonds. The predicted molar refractivity (Wildman–Crippen MR) is 94.3 cm³/mol. The smallest absolute Gasteiger partial charge is 0.220 e. The molecular weight excluding hydrogens is 292 g/mol. The molecule has 0 spiro atoms. The lowest BCUT2D eigenvalue weighted by Crippen LogP contribution is -2.31. The normalized spacial score (nSPS) is 12.2. The number of hydrogen-bond donors (Lipinski definition) is 2. The number of nitrogens with one attached hydrogen (secondary N) is 2. The fourth-order valence-electron chi connectivity index (χ4n) is 2.22. The fourth-order valence-corrected chi connectivity index (χ4v) is 2.22. The van der Waals surface area contributed by atoms with E-state index in [1.165, 1.54) is 12.8 Å². The van der Waals surface area contributed by atoms with Gasteiger partial charge in [0.1, 0.15) is 0 Å². The van der Waals surface area contributed by atoms with Gasteiger partial charge >= 0.3 is 0 Å². The molecule has 0 aliphatic carbocycles. The number of hydrogen-bond acceptors (Lipinski definition) is 3. The van der Waals surface area contributed by atoms with Crippen LogP contribution in [0.25, 0.3) is 0 Å². The highest BCUT2D eigenvalue weighted by molar-refractivity contribution is 5.83. The van der Waals surface area contributed by atoms with Gasteiger partial charge in [0, 0.05) is 32.5 Å². The highest BCUT2D eigenvalue weighted by atomic mass is 16.5. The van der Waals surface area contributed by atoms with Gasteiger partial charge < -0.3 is 15.4 Å². The van der Waals surface area contributed by atoms with Crippen LogP contribution in [0.1, 0.15) is 72.6 Å². The number of amides is 2. The van der Waals surface area contributed by atoms with Crippen LogP contribution in [0.2, 0.25) is 0 Å². The third-order valence-electron chi connectivity index (χ3n) is 3.80. The van der Waals surface area contributed by atoms with Crippen molar-refractivity contribution in [1.82, 2.24) is 10.6 Å². The Hall–Kier alpha value is -1.10. The zero-order valence-electron chi connectivity index (χ0n) is 15.5. The van der Waals surface area contributed by atoms with E-state index in [1.807, 2.05) is 13.8 Å². The number of carbonyl (C=O) groups is 2. The number of ether oxygens (including phenoxy) is 1. The van der Waals surface area contributed by atoms with Crippen molar-refractivity contribution in [1.29, 1.82) is 0 Å². The van der Waals surface area contributed by atoms with Gasteiger partial charge in [-0.05, 0) is 32.6 Å². The van der Waals surface area contributed by atoms with Gasteiger partial charge in [0.2, 0.25) is 11.8 Å². The van der Waals surface area contributed by atoms with E-state index in [0.717, 1.165) is 25.8 Å². The second-order valence-corrected chi connectivity index (χ2v) is 6.34. The van der Waals surface area contributed by atoms with Gasteiger partial charge in [0.15, 0.2) is 0 Å². The minimum atomic E-state index is -0.0669. The van der Waals surface area contributed by atoms with Crippen LogP contribution < -0.4 is 10.6 Å². The molecule has 0 aromatic rings. The highest BCUT2D eigenvalue weighted by Crippen LogP contribution is 2.11. The van der Waals surface area contributed by atoms with Crippen LogP contribution in [0.5, 0.6) is 0 Å². The third kappa shape index (κ3) is 14.2. The summed E-state index contributed by atoms with van der Waals surface area (Å²) < 4.78 is 5.40. The van der Waals surface area contributed by atoms with Crippen LogP contribution in [-0.4, -0.2) is 37.6 Å². The predicted octanol–water partition coefficient (Wildman–Crippen LogP) is 3.03. The maximum absolute atomic E-state index is 11.8. The van der Waals surface area contributed by atoms with Crippen molar-refractivity contribution < 1.29 is 14.3 Å². The first-order valence-electron chi connectivity index (χ1n) is 9.14. The molecular formula is C18H36N2O3. The fraction of sp³-hybridized carbons (Fsp3) is 0.889. The summed E-state index contributed by atoms with van der Waals surface area (Å²) >= 11 is 0. The number of carbonyl (C=O) groups excluding carboxylic acids is 2. The number of unbranched alkanes of at least 4 members (excludes halogenated alkanes) is 1. The van der Waals surface area contributed by atoms with Gasteiger partial charge in [0.05, 0.1) is 6.10 Å². The monoisotopic (exact) mass is 328 g/mol. The standard InChI is InChI=1S/C18H36N2O3/c1-5-7-9-16(6-2)14-20-18(22)11-10-17(21)19-12-8-13-23-15(3)4/h15-16H,5-14H2,1-4H3,(H,19,21)(H,20,22)/t16-/m1/s1. The van der Waals surface area contributed by atoms with Gasteiger partial charge in [-0.2, -0.15) is 0 Å². The molecule has 0 saturated carbocycles. The summed E-state index contributed by atoms with van der Waals surface area (Å²) in [5.41, 5.74) is 0. The van der Waals surface area contributed by atoms with Gasteiger partial charge in [-0.25, -0.2) is 0 Å². The highest BCUT2D eigenvalue weighted by Gasteiger charge is 2.10. The van der Waals surface area contributed by atoms with Crippen LogP contribution in [0.3, 0.4) is 0 Å². The van der Waals surface area contributed by atoms with Crippen molar-refractivity contribution in [3.8, 4) is 0 Å². The average molecular weight is 328 g/mol. The molecule has 0 aliphatic heterocycles. The van der Waals surface area contributed by atoms with Gasteiger partial charge in [0.25, 0.3) is 0 Å². The Kier molecular flexibility index (Phi) is 13.8. The first kappa shape index (κ1) is 21.9. The van der Waals surface area contributed by atoms with Crippen molar-refractivity contribution in [2.45, 2.75) is 78.7 Å². The maximum atomic E-state index is 11.8. The molecule has 0 radical (unpaired) electrons. The van der Waals surface area contributed by atoms with E-state index in [9.17, 15) is 9.59 Å². The second kappa shape index (κ2) is 14.5. The van der Waals surface area contributed by atoms with Crippen LogP contribution in [-0.2, 0) is 14.3 Å². The Balaban J connectivity index is 3.65. The second-order valence-electron chi connectivity index (χ2n) is 6.34. The molecule has 2 N–H and O–H groups in total. The molecule has 0 fully saturated rings. The summed E-state index contributed by atoms with van der Waals surface area (Å²) in [6.07, 6.45) is 6.17. The molecule has 0 aliphatic rings. The summed E-state index contributed by atoms with van der Waals surface area (Å²) in [5, 5.41) is 5.76. The number of rotatable bonds is 14. The molecule has 0 aromatic carbocycles. The molecule has 0 aromatic heterocycles. The van der Waals surface area contributed by atoms with Crippen LogP contribution in [0.4, 0.5) is 0 Å². The molecule has 0 heterocycles. The van der Waals surface area contributed by atoms with Gasteiger partial charge in [-0.15, -0.1) is 0 Å². The summed E-state index contributed by atoms with van der Waals surface area (Å²) in [6.45, 7) is 10.3. The van der Waals surface area contributed by atoms with Crippen LogP contribution in [0, 0.1) is 5.92 Å². The molecule has 5 heteroatoms. The van der Waals surface area contributed by atoms with E-state index < -0.39 is 0 Å². The summed E-state index contributed by atoms with van der Waals surface area (Å²) in [5.74, 6) is 0.453. The minimum absolute atomic E-state index is 0.0294. The SMILES string of the molecule is CCCC[C@@H](CC)CNC(=O)CCC(=O)NCCCOC(C)C. The van der Waals surface area contributed by atoms with E-state index in [4.69, 9.17) is 4.74 Å². The molecule has 0 bridgehead atoms. The zero-order chi connectivity index (χ0) is 17.5. The first-order valence-corrected chi connectivity index (χ1v) is 9.14. The Morgan fingerprint density at radius 1 is 1.00 bits per heavy atom. The van der Waals surface area contributed by atoms with Crippen LogP contribution >= 0.6 is 0 Å². The third-order valence-corrected chi connectivity index (χ3v) is 3.80. The first-order chi connectivity index (χ1) is 11.0. The molecule has 1 atom stereocenters. The Morgan fingerprint density at radius 3 is 2.22 bits per heavy atom. The Bertz CT molecular complexity index is 319. The molecule has 5 nitrogen and oxygen atoms in total. The van der Waals surface area contributed by atoms with Crippen molar-refractivity contribution in [3.05, 3.63) is 0 Å². The zero-order valence-corrected chi connectivity index (χ0v) is 15.5. The summed E-state index contributed by atoms with van der Waals surface area (Å²) in [7, 11) is 0. The van der Waals surface area contributed by atoms with Crippen molar-refractivity contribution in [3.63, 3.8) is 0 Å². The van der Waals surface area contributed by atoms with Gasteiger partial charge in [-0.3, -0.25) is 9.59 Å². The van der Waals surface area contributed by atoms with E-state index in [0.29, 0.717) is 19.1 Å². The van der Waals surface area contributed by atoms with Crippen molar-refractivity contribution >= 4 is 11.8 Å². The van der Waals surface area contributed by atoms with Crippen molar-refractivity contribution in [2.24, 2.45) is 5.92 Å². The largest absolute Gasteiger partial charge is 0.379 e. The van der Waals surface area contributed by atoms with Crippen LogP contribution in [0.15, 0.2) is 0 Å². The van der Waals surface area contributed by atoms with Crippen molar-refractivity contribution in [2.75, 3.05) is 19.7 Å². The molecule has 136 valence electrons. The van der Waals surface area contributed by atoms with Gasteiger partial charge in [-0.1, -0.05) is 33.1 Å². The minimum Gasteiger partial charge on any atom is -0.379 e.